The van der Waals surface area contributed by atoms with Crippen LogP contribution in [0.4, 0.5) is 10.5 Å². The number of urea groups is 1. The van der Waals surface area contributed by atoms with Gasteiger partial charge in [0.25, 0.3) is 0 Å². The number of carbonyl (C=O) groups excluding carboxylic acids is 1. The molecule has 7 nitrogen and oxygen atoms in total. The van der Waals surface area contributed by atoms with Crippen molar-refractivity contribution in [3.8, 4) is 17.2 Å². The van der Waals surface area contributed by atoms with Gasteiger partial charge >= 0.3 is 6.03 Å². The van der Waals surface area contributed by atoms with Crippen LogP contribution in [0.2, 0.25) is 5.02 Å². The maximum absolute atomic E-state index is 12.7. The molecule has 2 atom stereocenters. The summed E-state index contributed by atoms with van der Waals surface area (Å²) >= 11 is 5.94. The second-order valence-corrected chi connectivity index (χ2v) is 8.63. The van der Waals surface area contributed by atoms with E-state index in [-0.39, 0.29) is 30.5 Å². The highest BCUT2D eigenvalue weighted by Crippen LogP contribution is 2.39. The quantitative estimate of drug-likeness (QED) is 0.350. The lowest BCUT2D eigenvalue weighted by atomic mass is 10.1. The van der Waals surface area contributed by atoms with Gasteiger partial charge in [0.05, 0.1) is 27.0 Å². The molecular formula is C25H35Cl2N3O4. The third-order valence-electron chi connectivity index (χ3n) is 5.97. The lowest BCUT2D eigenvalue weighted by Gasteiger charge is -2.23. The number of unbranched alkanes of at least 4 members (excludes halogenated alkanes) is 1. The van der Waals surface area contributed by atoms with Gasteiger partial charge in [-0.05, 0) is 62.8 Å². The van der Waals surface area contributed by atoms with Crippen molar-refractivity contribution < 1.29 is 19.0 Å². The molecule has 0 bridgehead atoms. The zero-order valence-electron chi connectivity index (χ0n) is 20.0. The van der Waals surface area contributed by atoms with Crippen LogP contribution in [0.1, 0.15) is 37.7 Å². The molecule has 9 heteroatoms. The SMILES string of the molecule is COc1cc(NC(=O)NC2CCCC2NCCCCc2ccc(Cl)cc2)cc(OC)c1OC.Cl. The van der Waals surface area contributed by atoms with E-state index >= 15 is 0 Å². The number of anilines is 1. The van der Waals surface area contributed by atoms with Crippen LogP contribution in [0, 0.1) is 0 Å². The average molecular weight is 512 g/mol. The van der Waals surface area contributed by atoms with E-state index in [0.29, 0.717) is 22.9 Å². The molecule has 0 aromatic heterocycles. The average Bonchev–Trinajstić information content (AvgIpc) is 3.25. The van der Waals surface area contributed by atoms with Gasteiger partial charge in [0.2, 0.25) is 5.75 Å². The molecule has 2 unspecified atom stereocenters. The largest absolute Gasteiger partial charge is 0.493 e. The summed E-state index contributed by atoms with van der Waals surface area (Å²) in [5.41, 5.74) is 1.88. The van der Waals surface area contributed by atoms with Crippen molar-refractivity contribution in [1.29, 1.82) is 0 Å². The Morgan fingerprint density at radius 2 is 1.62 bits per heavy atom. The first-order chi connectivity index (χ1) is 16.0. The molecule has 2 aromatic carbocycles. The Bertz CT molecular complexity index is 887. The summed E-state index contributed by atoms with van der Waals surface area (Å²) < 4.78 is 16.0. The third kappa shape index (κ3) is 7.86. The summed E-state index contributed by atoms with van der Waals surface area (Å²) in [5.74, 6) is 1.47. The number of amides is 2. The van der Waals surface area contributed by atoms with E-state index in [1.54, 1.807) is 33.5 Å². The molecule has 1 fully saturated rings. The molecule has 34 heavy (non-hydrogen) atoms. The van der Waals surface area contributed by atoms with E-state index in [0.717, 1.165) is 50.1 Å². The normalized spacial score (nSPS) is 16.9. The molecule has 0 saturated heterocycles. The predicted octanol–water partition coefficient (Wildman–Crippen LogP) is 5.44. The van der Waals surface area contributed by atoms with Crippen molar-refractivity contribution >= 4 is 35.7 Å². The smallest absolute Gasteiger partial charge is 0.319 e. The number of carbonyl (C=O) groups is 1. The highest BCUT2D eigenvalue weighted by atomic mass is 35.5. The summed E-state index contributed by atoms with van der Waals surface area (Å²) in [6.45, 7) is 0.935. The fourth-order valence-electron chi connectivity index (χ4n) is 4.26. The molecule has 1 saturated carbocycles. The van der Waals surface area contributed by atoms with E-state index in [2.05, 4.69) is 28.1 Å². The van der Waals surface area contributed by atoms with Crippen molar-refractivity contribution in [2.24, 2.45) is 0 Å². The number of rotatable bonds is 11. The Morgan fingerprint density at radius 3 is 2.24 bits per heavy atom. The van der Waals surface area contributed by atoms with Crippen LogP contribution in [-0.2, 0) is 6.42 Å². The van der Waals surface area contributed by atoms with Crippen LogP contribution < -0.4 is 30.2 Å². The minimum atomic E-state index is -0.245. The minimum absolute atomic E-state index is 0. The molecule has 3 N–H and O–H groups in total. The van der Waals surface area contributed by atoms with E-state index in [1.165, 1.54) is 5.56 Å². The van der Waals surface area contributed by atoms with Gasteiger partial charge < -0.3 is 30.2 Å². The maximum atomic E-state index is 12.7. The molecule has 2 amide bonds. The van der Waals surface area contributed by atoms with E-state index < -0.39 is 0 Å². The van der Waals surface area contributed by atoms with E-state index in [4.69, 9.17) is 25.8 Å². The Morgan fingerprint density at radius 1 is 0.971 bits per heavy atom. The number of methoxy groups -OCH3 is 3. The first-order valence-corrected chi connectivity index (χ1v) is 11.8. The molecule has 0 radical (unpaired) electrons. The van der Waals surface area contributed by atoms with E-state index in [1.807, 2.05) is 12.1 Å². The van der Waals surface area contributed by atoms with Gasteiger partial charge in [-0.15, -0.1) is 12.4 Å². The van der Waals surface area contributed by atoms with Crippen molar-refractivity contribution in [2.45, 2.75) is 50.6 Å². The maximum Gasteiger partial charge on any atom is 0.319 e. The van der Waals surface area contributed by atoms with Gasteiger partial charge in [0.15, 0.2) is 11.5 Å². The molecule has 0 heterocycles. The van der Waals surface area contributed by atoms with Gasteiger partial charge in [-0.25, -0.2) is 4.79 Å². The molecule has 188 valence electrons. The van der Waals surface area contributed by atoms with E-state index in [9.17, 15) is 4.79 Å². The summed E-state index contributed by atoms with van der Waals surface area (Å²) in [4.78, 5) is 12.7. The number of ether oxygens (including phenoxy) is 3. The molecule has 1 aliphatic carbocycles. The second-order valence-electron chi connectivity index (χ2n) is 8.19. The van der Waals surface area contributed by atoms with Gasteiger partial charge in [0.1, 0.15) is 0 Å². The summed E-state index contributed by atoms with van der Waals surface area (Å²) in [6.07, 6.45) is 6.36. The van der Waals surface area contributed by atoms with Crippen LogP contribution in [-0.4, -0.2) is 46.0 Å². The fraction of sp³-hybridized carbons (Fsp3) is 0.480. The summed E-state index contributed by atoms with van der Waals surface area (Å²) in [7, 11) is 4.64. The Hall–Kier alpha value is -2.35. The first-order valence-electron chi connectivity index (χ1n) is 11.4. The van der Waals surface area contributed by atoms with Crippen molar-refractivity contribution in [1.82, 2.24) is 10.6 Å². The van der Waals surface area contributed by atoms with Crippen molar-refractivity contribution in [3.05, 3.63) is 47.0 Å². The zero-order chi connectivity index (χ0) is 23.6. The van der Waals surface area contributed by atoms with Crippen LogP contribution in [0.15, 0.2) is 36.4 Å². The van der Waals surface area contributed by atoms with Gasteiger partial charge in [-0.3, -0.25) is 0 Å². The summed E-state index contributed by atoms with van der Waals surface area (Å²) in [6, 6.07) is 11.6. The van der Waals surface area contributed by atoms with Gasteiger partial charge in [0, 0.05) is 29.2 Å². The highest BCUT2D eigenvalue weighted by molar-refractivity contribution is 6.30. The first kappa shape index (κ1) is 27.9. The molecule has 0 aliphatic heterocycles. The van der Waals surface area contributed by atoms with Gasteiger partial charge in [-0.1, -0.05) is 23.7 Å². The second kappa shape index (κ2) is 14.1. The fourth-order valence-corrected chi connectivity index (χ4v) is 4.38. The predicted molar refractivity (Wildman–Crippen MR) is 139 cm³/mol. The Kier molecular flexibility index (Phi) is 11.6. The molecule has 2 aromatic rings. The Balaban J connectivity index is 0.00000408. The summed E-state index contributed by atoms with van der Waals surface area (Å²) in [5, 5.41) is 10.4. The van der Waals surface area contributed by atoms with Crippen molar-refractivity contribution in [2.75, 3.05) is 33.2 Å². The minimum Gasteiger partial charge on any atom is -0.493 e. The standard InChI is InChI=1S/C25H34ClN3O4.ClH/c1-31-22-15-19(16-23(32-2)24(22)33-3)28-25(30)29-21-9-6-8-20(21)27-14-5-4-7-17-10-12-18(26)13-11-17;/h10-13,15-16,20-21,27H,4-9,14H2,1-3H3,(H2,28,29,30);1H. The van der Waals surface area contributed by atoms with Crippen LogP contribution in [0.5, 0.6) is 17.2 Å². The number of aryl methyl sites for hydroxylation is 1. The molecular weight excluding hydrogens is 477 g/mol. The molecule has 0 spiro atoms. The lowest BCUT2D eigenvalue weighted by molar-refractivity contribution is 0.246. The highest BCUT2D eigenvalue weighted by Gasteiger charge is 2.28. The topological polar surface area (TPSA) is 80.9 Å². The zero-order valence-corrected chi connectivity index (χ0v) is 21.6. The van der Waals surface area contributed by atoms with Crippen LogP contribution in [0.3, 0.4) is 0 Å². The van der Waals surface area contributed by atoms with Crippen LogP contribution in [0.25, 0.3) is 0 Å². The Labute approximate surface area is 213 Å². The van der Waals surface area contributed by atoms with Crippen molar-refractivity contribution in [3.63, 3.8) is 0 Å². The number of benzene rings is 2. The molecule has 3 rings (SSSR count). The number of nitrogens with one attached hydrogen (secondary N) is 3. The van der Waals surface area contributed by atoms with Gasteiger partial charge in [-0.2, -0.15) is 0 Å². The number of hydrogen-bond acceptors (Lipinski definition) is 5. The number of halogens is 2. The lowest BCUT2D eigenvalue weighted by Crippen LogP contribution is -2.48. The number of hydrogen-bond donors (Lipinski definition) is 3. The monoisotopic (exact) mass is 511 g/mol. The van der Waals surface area contributed by atoms with Crippen LogP contribution >= 0.6 is 24.0 Å². The third-order valence-corrected chi connectivity index (χ3v) is 6.22. The molecule has 1 aliphatic rings.